The molecule has 0 bridgehead atoms. The lowest BCUT2D eigenvalue weighted by molar-refractivity contribution is -0.173. The van der Waals surface area contributed by atoms with Crippen molar-refractivity contribution in [2.45, 2.75) is 56.7 Å². The van der Waals surface area contributed by atoms with Crippen LogP contribution in [0.5, 0.6) is 0 Å². The zero-order valence-corrected chi connectivity index (χ0v) is 16.8. The van der Waals surface area contributed by atoms with Crippen LogP contribution >= 0.6 is 11.6 Å². The fraction of sp³-hybridized carbons (Fsp3) is 0.600. The Hall–Kier alpha value is -1.67. The maximum absolute atomic E-state index is 12.4. The number of alkyl halides is 1. The summed E-state index contributed by atoms with van der Waals surface area (Å²) in [5, 5.41) is 33.5. The number of hydrogen-bond acceptors (Lipinski definition) is 7. The molecule has 0 aromatic rings. The highest BCUT2D eigenvalue weighted by Crippen LogP contribution is 2.55. The van der Waals surface area contributed by atoms with E-state index >= 15 is 0 Å². The van der Waals surface area contributed by atoms with Gasteiger partial charge in [0.25, 0.3) is 0 Å². The average molecular weight is 413 g/mol. The number of halogens is 1. The molecule has 3 N–H and O–H groups in total. The Morgan fingerprint density at radius 3 is 2.71 bits per heavy atom. The van der Waals surface area contributed by atoms with Gasteiger partial charge in [-0.3, -0.25) is 0 Å². The molecule has 7 nitrogen and oxygen atoms in total. The first-order chi connectivity index (χ1) is 13.0. The Bertz CT molecular complexity index is 787. The third kappa shape index (κ3) is 2.84. The monoisotopic (exact) mass is 412 g/mol. The van der Waals surface area contributed by atoms with E-state index in [0.717, 1.165) is 0 Å². The lowest BCUT2D eigenvalue weighted by Gasteiger charge is -2.43. The van der Waals surface area contributed by atoms with E-state index < -0.39 is 53.3 Å². The predicted molar refractivity (Wildman–Crippen MR) is 100 cm³/mol. The van der Waals surface area contributed by atoms with Gasteiger partial charge in [-0.15, -0.1) is 11.6 Å². The van der Waals surface area contributed by atoms with Crippen LogP contribution in [0.2, 0.25) is 0 Å². The van der Waals surface area contributed by atoms with Crippen molar-refractivity contribution in [3.63, 3.8) is 0 Å². The largest absolute Gasteiger partial charge is 0.458 e. The van der Waals surface area contributed by atoms with Gasteiger partial charge in [0.05, 0.1) is 29.4 Å². The van der Waals surface area contributed by atoms with Crippen LogP contribution in [-0.4, -0.2) is 62.7 Å². The van der Waals surface area contributed by atoms with Gasteiger partial charge in [0.1, 0.15) is 17.8 Å². The number of carbonyl (C=O) groups is 2. The third-order valence-corrected chi connectivity index (χ3v) is 6.77. The molecule has 28 heavy (non-hydrogen) atoms. The van der Waals surface area contributed by atoms with Crippen LogP contribution in [0.1, 0.15) is 27.2 Å². The predicted octanol–water partition coefficient (Wildman–Crippen LogP) is 1.00. The number of aliphatic hydroxyl groups is 3. The molecule has 154 valence electrons. The normalized spacial score (nSPS) is 43.0. The van der Waals surface area contributed by atoms with E-state index in [1.165, 1.54) is 6.08 Å². The van der Waals surface area contributed by atoms with Gasteiger partial charge in [-0.1, -0.05) is 18.7 Å². The minimum absolute atomic E-state index is 0.0427. The molecule has 0 aromatic carbocycles. The molecule has 2 fully saturated rings. The molecule has 0 radical (unpaired) electrons. The standard InChI is InChI=1S/C20H25ClO7/c1-5-9(2)17(23)27-13-7-19(25,8-21)15-12(22)6-10(3)20(15,26)16-14(13)11(4)18(24)28-16/h5-6,12-16,22,25-26H,4,7-8H2,1-3H3/b9-5-/t12-,13-,14-,15+,16+,19+,20-/m1/s1. The fourth-order valence-corrected chi connectivity index (χ4v) is 4.96. The Labute approximate surface area is 168 Å². The maximum atomic E-state index is 12.4. The van der Waals surface area contributed by atoms with E-state index in [1.807, 2.05) is 0 Å². The lowest BCUT2D eigenvalue weighted by atomic mass is 9.71. The van der Waals surface area contributed by atoms with Crippen molar-refractivity contribution in [2.75, 3.05) is 5.88 Å². The highest BCUT2D eigenvalue weighted by molar-refractivity contribution is 6.18. The lowest BCUT2D eigenvalue weighted by Crippen LogP contribution is -2.59. The summed E-state index contributed by atoms with van der Waals surface area (Å²) in [6.07, 6.45) is -0.606. The molecule has 1 saturated heterocycles. The van der Waals surface area contributed by atoms with E-state index in [9.17, 15) is 24.9 Å². The van der Waals surface area contributed by atoms with Crippen LogP contribution in [0.4, 0.5) is 0 Å². The van der Waals surface area contributed by atoms with Gasteiger partial charge in [0.2, 0.25) is 0 Å². The average Bonchev–Trinajstić information content (AvgIpc) is 3.04. The molecule has 2 aliphatic carbocycles. The number of esters is 2. The van der Waals surface area contributed by atoms with Gasteiger partial charge in [0.15, 0.2) is 0 Å². The van der Waals surface area contributed by atoms with Crippen molar-refractivity contribution in [2.24, 2.45) is 11.8 Å². The highest BCUT2D eigenvalue weighted by atomic mass is 35.5. The van der Waals surface area contributed by atoms with Crippen molar-refractivity contribution >= 4 is 23.5 Å². The SMILES string of the molecule is C=C1C(=O)O[C@H]2[C@H]1[C@H](OC(=O)/C(C)=C\C)C[C@](O)(CCl)[C@@H]1[C@H](O)C=C(C)[C@]21O. The number of fused-ring (bicyclic) bond motifs is 3. The molecule has 7 atom stereocenters. The second-order valence-corrected chi connectivity index (χ2v) is 8.14. The van der Waals surface area contributed by atoms with Gasteiger partial charge < -0.3 is 24.8 Å². The van der Waals surface area contributed by atoms with Crippen molar-refractivity contribution < 1.29 is 34.4 Å². The van der Waals surface area contributed by atoms with Crippen molar-refractivity contribution in [1.29, 1.82) is 0 Å². The molecule has 0 aromatic heterocycles. The first-order valence-corrected chi connectivity index (χ1v) is 9.66. The Kier molecular flexibility index (Phi) is 5.25. The van der Waals surface area contributed by atoms with Crippen LogP contribution < -0.4 is 0 Å². The van der Waals surface area contributed by atoms with Crippen LogP contribution in [-0.2, 0) is 19.1 Å². The number of aliphatic hydroxyl groups excluding tert-OH is 1. The summed E-state index contributed by atoms with van der Waals surface area (Å²) in [6.45, 7) is 8.60. The molecule has 0 unspecified atom stereocenters. The topological polar surface area (TPSA) is 113 Å². The Morgan fingerprint density at radius 2 is 2.14 bits per heavy atom. The number of rotatable bonds is 3. The number of hydrogen-bond donors (Lipinski definition) is 3. The highest BCUT2D eigenvalue weighted by Gasteiger charge is 2.69. The number of carbonyl (C=O) groups excluding carboxylic acids is 2. The first-order valence-electron chi connectivity index (χ1n) is 9.12. The van der Waals surface area contributed by atoms with E-state index in [0.29, 0.717) is 11.1 Å². The number of ether oxygens (including phenoxy) is 2. The molecular formula is C20H25ClO7. The molecular weight excluding hydrogens is 388 g/mol. The summed E-state index contributed by atoms with van der Waals surface area (Å²) >= 11 is 6.07. The fourth-order valence-electron chi connectivity index (χ4n) is 4.69. The van der Waals surface area contributed by atoms with Gasteiger partial charge >= 0.3 is 11.9 Å². The molecule has 1 aliphatic heterocycles. The van der Waals surface area contributed by atoms with Crippen LogP contribution in [0.25, 0.3) is 0 Å². The van der Waals surface area contributed by atoms with Crippen molar-refractivity contribution in [3.8, 4) is 0 Å². The minimum Gasteiger partial charge on any atom is -0.458 e. The summed E-state index contributed by atoms with van der Waals surface area (Å²) in [5.74, 6) is -3.71. The second kappa shape index (κ2) is 6.99. The summed E-state index contributed by atoms with van der Waals surface area (Å²) in [6, 6.07) is 0. The summed E-state index contributed by atoms with van der Waals surface area (Å²) in [4.78, 5) is 24.7. The van der Waals surface area contributed by atoms with E-state index in [1.54, 1.807) is 26.8 Å². The summed E-state index contributed by atoms with van der Waals surface area (Å²) < 4.78 is 11.0. The number of allylic oxidation sites excluding steroid dienone is 1. The smallest absolute Gasteiger partial charge is 0.334 e. The first kappa shape index (κ1) is 21.0. The zero-order valence-electron chi connectivity index (χ0n) is 16.0. The van der Waals surface area contributed by atoms with Gasteiger partial charge in [0, 0.05) is 17.6 Å². The quantitative estimate of drug-likeness (QED) is 0.274. The third-order valence-electron chi connectivity index (χ3n) is 6.31. The van der Waals surface area contributed by atoms with Crippen molar-refractivity contribution in [1.82, 2.24) is 0 Å². The van der Waals surface area contributed by atoms with E-state index in [2.05, 4.69) is 6.58 Å². The second-order valence-electron chi connectivity index (χ2n) is 7.88. The molecule has 1 heterocycles. The van der Waals surface area contributed by atoms with Crippen LogP contribution in [0.3, 0.4) is 0 Å². The summed E-state index contributed by atoms with van der Waals surface area (Å²) in [7, 11) is 0. The van der Waals surface area contributed by atoms with E-state index in [-0.39, 0.29) is 17.9 Å². The zero-order chi connectivity index (χ0) is 21.0. The maximum Gasteiger partial charge on any atom is 0.334 e. The molecule has 3 aliphatic rings. The molecule has 1 saturated carbocycles. The molecule has 0 amide bonds. The van der Waals surface area contributed by atoms with Crippen LogP contribution in [0, 0.1) is 11.8 Å². The Balaban J connectivity index is 2.14. The Morgan fingerprint density at radius 1 is 1.50 bits per heavy atom. The summed E-state index contributed by atoms with van der Waals surface area (Å²) in [5.41, 5.74) is -2.92. The van der Waals surface area contributed by atoms with Gasteiger partial charge in [-0.25, -0.2) is 9.59 Å². The van der Waals surface area contributed by atoms with E-state index in [4.69, 9.17) is 21.1 Å². The molecule has 3 rings (SSSR count). The minimum atomic E-state index is -1.88. The molecule has 8 heteroatoms. The van der Waals surface area contributed by atoms with Gasteiger partial charge in [-0.2, -0.15) is 0 Å². The molecule has 0 spiro atoms. The van der Waals surface area contributed by atoms with Crippen molar-refractivity contribution in [3.05, 3.63) is 35.5 Å². The van der Waals surface area contributed by atoms with Gasteiger partial charge in [-0.05, 0) is 26.3 Å². The van der Waals surface area contributed by atoms with Crippen LogP contribution in [0.15, 0.2) is 35.5 Å².